The Morgan fingerprint density at radius 1 is 1.05 bits per heavy atom. The second kappa shape index (κ2) is 10.4. The lowest BCUT2D eigenvalue weighted by Gasteiger charge is -2.25. The third kappa shape index (κ3) is 5.14. The highest BCUT2D eigenvalue weighted by Gasteiger charge is 2.32. The van der Waals surface area contributed by atoms with Crippen molar-refractivity contribution in [2.45, 2.75) is 57.2 Å². The van der Waals surface area contributed by atoms with Gasteiger partial charge in [0.05, 0.1) is 24.5 Å². The van der Waals surface area contributed by atoms with Gasteiger partial charge in [-0.3, -0.25) is 4.79 Å². The lowest BCUT2D eigenvalue weighted by atomic mass is 9.93. The molecule has 0 amide bonds. The molecule has 2 aliphatic heterocycles. The van der Waals surface area contributed by atoms with Crippen molar-refractivity contribution in [1.82, 2.24) is 0 Å². The maximum Gasteiger partial charge on any atom is 0.304 e. The smallest absolute Gasteiger partial charge is 0.304 e. The minimum absolute atomic E-state index is 0.00537. The highest BCUT2D eigenvalue weighted by Crippen LogP contribution is 2.45. The Hall–Kier alpha value is -3.59. The van der Waals surface area contributed by atoms with E-state index in [0.29, 0.717) is 55.1 Å². The van der Waals surface area contributed by atoms with Gasteiger partial charge in [0.25, 0.3) is 0 Å². The summed E-state index contributed by atoms with van der Waals surface area (Å²) in [5.74, 6) is 0.789. The molecule has 0 spiro atoms. The molecular weight excluding hydrogens is 535 g/mol. The molecule has 7 nitrogen and oxygen atoms in total. The Balaban J connectivity index is 1.24. The standard InChI is InChI=1S/C31H31FO7S/c1-18-22(3-2-4-27(18)38-20-11-13-40(35,36)14-12-20)24-7-9-26(32)31-25(24)8-10-28(31)39-21-5-6-23-19(15-30(33)34)17-37-29(23)16-21/h2-7,9,16,19-20,28H,8,10-15,17H2,1H3,(H,33,34)/t19?,28-/m1/s1. The number of sulfone groups is 1. The van der Waals surface area contributed by atoms with Crippen LogP contribution in [0.25, 0.3) is 11.1 Å². The number of hydrogen-bond donors (Lipinski definition) is 1. The van der Waals surface area contributed by atoms with Crippen molar-refractivity contribution < 1.29 is 36.9 Å². The molecule has 0 saturated carbocycles. The number of rotatable bonds is 7. The molecule has 3 aliphatic rings. The zero-order valence-electron chi connectivity index (χ0n) is 22.2. The van der Waals surface area contributed by atoms with Crippen molar-refractivity contribution in [3.63, 3.8) is 0 Å². The first kappa shape index (κ1) is 26.6. The van der Waals surface area contributed by atoms with Crippen molar-refractivity contribution in [1.29, 1.82) is 0 Å². The van der Waals surface area contributed by atoms with E-state index in [0.717, 1.165) is 27.8 Å². The molecule has 1 unspecified atom stereocenters. The van der Waals surface area contributed by atoms with Crippen LogP contribution in [0, 0.1) is 12.7 Å². The van der Waals surface area contributed by atoms with Gasteiger partial charge in [0.1, 0.15) is 35.3 Å². The molecule has 6 rings (SSSR count). The van der Waals surface area contributed by atoms with Crippen molar-refractivity contribution >= 4 is 15.8 Å². The molecule has 210 valence electrons. The Kier molecular flexibility index (Phi) is 6.94. The molecular formula is C31H31FO7S. The molecule has 9 heteroatoms. The Morgan fingerprint density at radius 3 is 2.62 bits per heavy atom. The molecule has 2 heterocycles. The van der Waals surface area contributed by atoms with Crippen LogP contribution in [0.5, 0.6) is 17.2 Å². The molecule has 3 aromatic rings. The summed E-state index contributed by atoms with van der Waals surface area (Å²) in [4.78, 5) is 11.1. The first-order valence-electron chi connectivity index (χ1n) is 13.6. The number of carboxylic acids is 1. The summed E-state index contributed by atoms with van der Waals surface area (Å²) >= 11 is 0. The van der Waals surface area contributed by atoms with Crippen molar-refractivity contribution in [3.05, 3.63) is 76.6 Å². The van der Waals surface area contributed by atoms with Gasteiger partial charge in [-0.2, -0.15) is 0 Å². The molecule has 0 bridgehead atoms. The van der Waals surface area contributed by atoms with Gasteiger partial charge >= 0.3 is 5.97 Å². The molecule has 1 saturated heterocycles. The highest BCUT2D eigenvalue weighted by atomic mass is 32.2. The van der Waals surface area contributed by atoms with Crippen LogP contribution < -0.4 is 14.2 Å². The number of halogens is 1. The summed E-state index contributed by atoms with van der Waals surface area (Å²) in [6.45, 7) is 2.29. The van der Waals surface area contributed by atoms with Gasteiger partial charge in [-0.15, -0.1) is 0 Å². The number of carbonyl (C=O) groups is 1. The van der Waals surface area contributed by atoms with Gasteiger partial charge in [0.2, 0.25) is 0 Å². The fraction of sp³-hybridized carbons (Fsp3) is 0.387. The monoisotopic (exact) mass is 566 g/mol. The van der Waals surface area contributed by atoms with Gasteiger partial charge in [-0.05, 0) is 73.1 Å². The number of ether oxygens (including phenoxy) is 3. The van der Waals surface area contributed by atoms with Crippen molar-refractivity contribution in [2.24, 2.45) is 0 Å². The largest absolute Gasteiger partial charge is 0.492 e. The topological polar surface area (TPSA) is 99.1 Å². The lowest BCUT2D eigenvalue weighted by molar-refractivity contribution is -0.137. The van der Waals surface area contributed by atoms with Crippen LogP contribution in [0.4, 0.5) is 4.39 Å². The fourth-order valence-corrected chi connectivity index (χ4v) is 7.57. The number of fused-ring (bicyclic) bond motifs is 2. The predicted octanol–water partition coefficient (Wildman–Crippen LogP) is 5.77. The Morgan fingerprint density at radius 2 is 1.85 bits per heavy atom. The summed E-state index contributed by atoms with van der Waals surface area (Å²) in [5, 5.41) is 9.15. The van der Waals surface area contributed by atoms with E-state index in [4.69, 9.17) is 19.3 Å². The van der Waals surface area contributed by atoms with E-state index in [1.54, 1.807) is 12.1 Å². The maximum absolute atomic E-state index is 15.2. The first-order chi connectivity index (χ1) is 19.2. The maximum atomic E-state index is 15.2. The molecule has 0 aromatic heterocycles. The molecule has 1 fully saturated rings. The van der Waals surface area contributed by atoms with E-state index in [9.17, 15) is 13.2 Å². The molecule has 0 radical (unpaired) electrons. The summed E-state index contributed by atoms with van der Waals surface area (Å²) in [5.41, 5.74) is 5.13. The van der Waals surface area contributed by atoms with Crippen LogP contribution in [-0.4, -0.2) is 43.7 Å². The third-order valence-electron chi connectivity index (χ3n) is 8.22. The van der Waals surface area contributed by atoms with Gasteiger partial charge in [-0.25, -0.2) is 12.8 Å². The quantitative estimate of drug-likeness (QED) is 0.387. The third-order valence-corrected chi connectivity index (χ3v) is 9.93. The van der Waals surface area contributed by atoms with Crippen molar-refractivity contribution in [2.75, 3.05) is 18.1 Å². The molecule has 3 aromatic carbocycles. The summed E-state index contributed by atoms with van der Waals surface area (Å²) in [7, 11) is -2.97. The van der Waals surface area contributed by atoms with E-state index >= 15 is 4.39 Å². The molecule has 40 heavy (non-hydrogen) atoms. The molecule has 1 aliphatic carbocycles. The number of aliphatic carboxylic acids is 1. The molecule has 1 N–H and O–H groups in total. The van der Waals surface area contributed by atoms with Crippen LogP contribution in [0.2, 0.25) is 0 Å². The minimum Gasteiger partial charge on any atom is -0.492 e. The van der Waals surface area contributed by atoms with Crippen LogP contribution >= 0.6 is 0 Å². The fourth-order valence-electron chi connectivity index (χ4n) is 6.12. The summed E-state index contributed by atoms with van der Waals surface area (Å²) in [6, 6.07) is 14.5. The van der Waals surface area contributed by atoms with Crippen LogP contribution in [0.15, 0.2) is 48.5 Å². The zero-order chi connectivity index (χ0) is 28.0. The first-order valence-corrected chi connectivity index (χ1v) is 15.4. The Bertz CT molecular complexity index is 1570. The second-order valence-corrected chi connectivity index (χ2v) is 13.1. The van der Waals surface area contributed by atoms with Crippen LogP contribution in [0.1, 0.15) is 60.0 Å². The Labute approximate surface area is 232 Å². The molecule has 2 atom stereocenters. The summed E-state index contributed by atoms with van der Waals surface area (Å²) in [6.07, 6.45) is 1.62. The van der Waals surface area contributed by atoms with Crippen LogP contribution in [-0.2, 0) is 21.1 Å². The SMILES string of the molecule is Cc1c(OC2CCS(=O)(=O)CC2)cccc1-c1ccc(F)c2c1CC[C@H]2Oc1ccc2c(c1)OCC2CC(=O)O. The van der Waals surface area contributed by atoms with Crippen molar-refractivity contribution in [3.8, 4) is 28.4 Å². The van der Waals surface area contributed by atoms with Gasteiger partial charge < -0.3 is 19.3 Å². The average Bonchev–Trinajstić information content (AvgIpc) is 3.51. The van der Waals surface area contributed by atoms with E-state index in [1.165, 1.54) is 6.07 Å². The van der Waals surface area contributed by atoms with Gasteiger partial charge in [-0.1, -0.05) is 24.3 Å². The highest BCUT2D eigenvalue weighted by molar-refractivity contribution is 7.91. The van der Waals surface area contributed by atoms with E-state index in [1.807, 2.05) is 37.3 Å². The zero-order valence-corrected chi connectivity index (χ0v) is 23.0. The predicted molar refractivity (Wildman–Crippen MR) is 147 cm³/mol. The minimum atomic E-state index is -2.97. The van der Waals surface area contributed by atoms with Gasteiger partial charge in [0, 0.05) is 23.1 Å². The summed E-state index contributed by atoms with van der Waals surface area (Å²) < 4.78 is 57.1. The number of benzene rings is 3. The normalized spacial score (nSPS) is 21.4. The van der Waals surface area contributed by atoms with E-state index in [2.05, 4.69) is 0 Å². The second-order valence-electron chi connectivity index (χ2n) is 10.8. The van der Waals surface area contributed by atoms with Crippen LogP contribution in [0.3, 0.4) is 0 Å². The number of carboxylic acid groups (broad SMARTS) is 1. The lowest BCUT2D eigenvalue weighted by Crippen LogP contribution is -2.30. The number of hydrogen-bond acceptors (Lipinski definition) is 6. The van der Waals surface area contributed by atoms with E-state index < -0.39 is 21.9 Å². The average molecular weight is 567 g/mol. The van der Waals surface area contributed by atoms with Gasteiger partial charge in [0.15, 0.2) is 9.84 Å². The van der Waals surface area contributed by atoms with E-state index in [-0.39, 0.29) is 35.8 Å².